The Hall–Kier alpha value is -0.410. The zero-order chi connectivity index (χ0) is 9.97. The highest BCUT2D eigenvalue weighted by Crippen LogP contribution is 2.41. The smallest absolute Gasteiger partial charge is 0.0410 e. The van der Waals surface area contributed by atoms with Gasteiger partial charge in [0.1, 0.15) is 0 Å². The van der Waals surface area contributed by atoms with Crippen molar-refractivity contribution in [3.05, 3.63) is 28.5 Å². The minimum atomic E-state index is 0.505. The first kappa shape index (κ1) is 10.1. The molecular formula is C11H15BrN2. The van der Waals surface area contributed by atoms with Gasteiger partial charge in [0.2, 0.25) is 0 Å². The summed E-state index contributed by atoms with van der Waals surface area (Å²) in [5.74, 6) is 0.825. The Morgan fingerprint density at radius 2 is 2.36 bits per heavy atom. The molecule has 1 N–H and O–H groups in total. The summed E-state index contributed by atoms with van der Waals surface area (Å²) >= 11 is 3.46. The van der Waals surface area contributed by atoms with Crippen LogP contribution in [0.2, 0.25) is 0 Å². The van der Waals surface area contributed by atoms with Gasteiger partial charge >= 0.3 is 0 Å². The van der Waals surface area contributed by atoms with Crippen molar-refractivity contribution >= 4 is 15.9 Å². The maximum Gasteiger partial charge on any atom is 0.0410 e. The van der Waals surface area contributed by atoms with Crippen LogP contribution in [-0.2, 0) is 0 Å². The summed E-state index contributed by atoms with van der Waals surface area (Å²) in [4.78, 5) is 4.21. The van der Waals surface area contributed by atoms with Gasteiger partial charge in [0.25, 0.3) is 0 Å². The fourth-order valence-corrected chi connectivity index (χ4v) is 2.19. The van der Waals surface area contributed by atoms with E-state index in [1.165, 1.54) is 18.4 Å². The summed E-state index contributed by atoms with van der Waals surface area (Å²) < 4.78 is 1.07. The number of halogens is 1. The predicted octanol–water partition coefficient (Wildman–Crippen LogP) is 2.90. The van der Waals surface area contributed by atoms with Crippen molar-refractivity contribution in [3.63, 3.8) is 0 Å². The van der Waals surface area contributed by atoms with Crippen molar-refractivity contribution in [2.75, 3.05) is 6.54 Å². The van der Waals surface area contributed by atoms with Crippen LogP contribution in [0.4, 0.5) is 0 Å². The fourth-order valence-electron chi connectivity index (χ4n) is 1.80. The quantitative estimate of drug-likeness (QED) is 0.894. The maximum atomic E-state index is 4.21. The largest absolute Gasteiger partial charge is 0.310 e. The van der Waals surface area contributed by atoms with E-state index in [0.29, 0.717) is 6.04 Å². The lowest BCUT2D eigenvalue weighted by Gasteiger charge is -2.17. The maximum absolute atomic E-state index is 4.21. The van der Waals surface area contributed by atoms with Crippen molar-refractivity contribution in [1.29, 1.82) is 0 Å². The molecule has 0 saturated heterocycles. The van der Waals surface area contributed by atoms with E-state index in [9.17, 15) is 0 Å². The van der Waals surface area contributed by atoms with E-state index < -0.39 is 0 Å². The van der Waals surface area contributed by atoms with E-state index in [0.717, 1.165) is 16.9 Å². The molecule has 76 valence electrons. The van der Waals surface area contributed by atoms with Crippen molar-refractivity contribution in [1.82, 2.24) is 10.3 Å². The minimum Gasteiger partial charge on any atom is -0.310 e. The van der Waals surface area contributed by atoms with Gasteiger partial charge in [-0.25, -0.2) is 0 Å². The average Bonchev–Trinajstić information content (AvgIpc) is 2.97. The second-order valence-electron chi connectivity index (χ2n) is 3.81. The molecule has 0 aliphatic heterocycles. The Kier molecular flexibility index (Phi) is 3.19. The van der Waals surface area contributed by atoms with Gasteiger partial charge in [0, 0.05) is 22.9 Å². The first-order valence-electron chi connectivity index (χ1n) is 5.15. The van der Waals surface area contributed by atoms with Crippen LogP contribution >= 0.6 is 15.9 Å². The Balaban J connectivity index is 2.16. The summed E-state index contributed by atoms with van der Waals surface area (Å²) in [5, 5.41) is 3.53. The van der Waals surface area contributed by atoms with E-state index >= 15 is 0 Å². The standard InChI is InChI=1S/C11H15BrN2/c1-2-14-11(8-3-4-8)9-5-10(12)7-13-6-9/h5-8,11,14H,2-4H2,1H3. The molecule has 1 aromatic heterocycles. The van der Waals surface area contributed by atoms with Crippen LogP contribution in [0.15, 0.2) is 22.9 Å². The van der Waals surface area contributed by atoms with Gasteiger partial charge in [-0.3, -0.25) is 4.98 Å². The van der Waals surface area contributed by atoms with Crippen LogP contribution in [-0.4, -0.2) is 11.5 Å². The Morgan fingerprint density at radius 3 is 2.93 bits per heavy atom. The van der Waals surface area contributed by atoms with Gasteiger partial charge < -0.3 is 5.32 Å². The monoisotopic (exact) mass is 254 g/mol. The van der Waals surface area contributed by atoms with Crippen LogP contribution in [0.1, 0.15) is 31.4 Å². The number of nitrogens with zero attached hydrogens (tertiary/aromatic N) is 1. The van der Waals surface area contributed by atoms with E-state index in [4.69, 9.17) is 0 Å². The third kappa shape index (κ3) is 2.34. The molecule has 14 heavy (non-hydrogen) atoms. The van der Waals surface area contributed by atoms with Crippen molar-refractivity contribution < 1.29 is 0 Å². The van der Waals surface area contributed by atoms with Crippen molar-refractivity contribution in [3.8, 4) is 0 Å². The van der Waals surface area contributed by atoms with Gasteiger partial charge in [-0.1, -0.05) is 6.92 Å². The van der Waals surface area contributed by atoms with Crippen LogP contribution in [0.5, 0.6) is 0 Å². The topological polar surface area (TPSA) is 24.9 Å². The lowest BCUT2D eigenvalue weighted by atomic mass is 10.0. The molecule has 2 nitrogen and oxygen atoms in total. The third-order valence-electron chi connectivity index (χ3n) is 2.60. The Bertz CT molecular complexity index is 310. The minimum absolute atomic E-state index is 0.505. The predicted molar refractivity (Wildman–Crippen MR) is 61.1 cm³/mol. The average molecular weight is 255 g/mol. The Morgan fingerprint density at radius 1 is 1.57 bits per heavy atom. The molecule has 1 heterocycles. The molecule has 2 rings (SSSR count). The van der Waals surface area contributed by atoms with Gasteiger partial charge in [-0.05, 0) is 52.9 Å². The number of rotatable bonds is 4. The summed E-state index contributed by atoms with van der Waals surface area (Å²) in [7, 11) is 0. The molecule has 3 heteroatoms. The number of nitrogens with one attached hydrogen (secondary N) is 1. The highest BCUT2D eigenvalue weighted by molar-refractivity contribution is 9.10. The summed E-state index contributed by atoms with van der Waals surface area (Å²) in [6.45, 7) is 3.18. The summed E-state index contributed by atoms with van der Waals surface area (Å²) in [5.41, 5.74) is 1.31. The zero-order valence-corrected chi connectivity index (χ0v) is 9.92. The first-order valence-corrected chi connectivity index (χ1v) is 5.94. The molecule has 1 aliphatic carbocycles. The van der Waals surface area contributed by atoms with Crippen molar-refractivity contribution in [2.45, 2.75) is 25.8 Å². The van der Waals surface area contributed by atoms with E-state index in [1.54, 1.807) is 0 Å². The van der Waals surface area contributed by atoms with E-state index in [-0.39, 0.29) is 0 Å². The number of hydrogen-bond donors (Lipinski definition) is 1. The molecular weight excluding hydrogens is 240 g/mol. The summed E-state index contributed by atoms with van der Waals surface area (Å²) in [6.07, 6.45) is 6.50. The highest BCUT2D eigenvalue weighted by atomic mass is 79.9. The van der Waals surface area contributed by atoms with Crippen molar-refractivity contribution in [2.24, 2.45) is 5.92 Å². The normalized spacial score (nSPS) is 18.1. The highest BCUT2D eigenvalue weighted by Gasteiger charge is 2.31. The molecule has 1 fully saturated rings. The molecule has 1 aliphatic rings. The SMILES string of the molecule is CCNC(c1cncc(Br)c1)C1CC1. The molecule has 1 saturated carbocycles. The van der Waals surface area contributed by atoms with Gasteiger partial charge in [-0.2, -0.15) is 0 Å². The van der Waals surface area contributed by atoms with Crippen LogP contribution < -0.4 is 5.32 Å². The van der Waals surface area contributed by atoms with Gasteiger partial charge in [0.05, 0.1) is 0 Å². The first-order chi connectivity index (χ1) is 6.81. The second kappa shape index (κ2) is 4.41. The number of pyridine rings is 1. The summed E-state index contributed by atoms with van der Waals surface area (Å²) in [6, 6.07) is 2.67. The van der Waals surface area contributed by atoms with Gasteiger partial charge in [-0.15, -0.1) is 0 Å². The zero-order valence-electron chi connectivity index (χ0n) is 8.33. The lowest BCUT2D eigenvalue weighted by Crippen LogP contribution is -2.22. The van der Waals surface area contributed by atoms with Gasteiger partial charge in [0.15, 0.2) is 0 Å². The molecule has 1 aromatic rings. The van der Waals surface area contributed by atoms with E-state index in [2.05, 4.69) is 39.2 Å². The second-order valence-corrected chi connectivity index (χ2v) is 4.72. The molecule has 0 radical (unpaired) electrons. The van der Waals surface area contributed by atoms with Crippen LogP contribution in [0.25, 0.3) is 0 Å². The lowest BCUT2D eigenvalue weighted by molar-refractivity contribution is 0.494. The molecule has 0 aromatic carbocycles. The molecule has 0 bridgehead atoms. The number of aromatic nitrogens is 1. The number of hydrogen-bond acceptors (Lipinski definition) is 2. The molecule has 1 unspecified atom stereocenters. The third-order valence-corrected chi connectivity index (χ3v) is 3.04. The Labute approximate surface area is 93.3 Å². The fraction of sp³-hybridized carbons (Fsp3) is 0.545. The van der Waals surface area contributed by atoms with Crippen LogP contribution in [0, 0.1) is 5.92 Å². The molecule has 0 spiro atoms. The van der Waals surface area contributed by atoms with E-state index in [1.807, 2.05) is 12.4 Å². The van der Waals surface area contributed by atoms with Crippen LogP contribution in [0.3, 0.4) is 0 Å². The molecule has 1 atom stereocenters. The molecule has 0 amide bonds.